The molecule has 2 rings (SSSR count). The van der Waals surface area contributed by atoms with Gasteiger partial charge in [-0.05, 0) is 34.7 Å². The summed E-state index contributed by atoms with van der Waals surface area (Å²) in [5.74, 6) is 0.305. The Balaban J connectivity index is 2.54. The Kier molecular flexibility index (Phi) is 4.16. The number of carbonyl (C=O) groups is 1. The van der Waals surface area contributed by atoms with Crippen LogP contribution in [0, 0.1) is 0 Å². The highest BCUT2D eigenvalue weighted by Crippen LogP contribution is 2.33. The predicted molar refractivity (Wildman–Crippen MR) is 76.4 cm³/mol. The van der Waals surface area contributed by atoms with Crippen LogP contribution in [0.3, 0.4) is 0 Å². The van der Waals surface area contributed by atoms with Gasteiger partial charge < -0.3 is 0 Å². The topological polar surface area (TPSA) is 17.1 Å². The molecule has 0 atom stereocenters. The van der Waals surface area contributed by atoms with Gasteiger partial charge in [0.05, 0.1) is 5.56 Å². The summed E-state index contributed by atoms with van der Waals surface area (Å²) in [6, 6.07) is 10.7. The summed E-state index contributed by atoms with van der Waals surface area (Å²) >= 11 is 0. The smallest absolute Gasteiger partial charge is 0.298 e. The lowest BCUT2D eigenvalue weighted by molar-refractivity contribution is -0.137. The molecule has 0 spiro atoms. The molecule has 110 valence electrons. The minimum Gasteiger partial charge on any atom is -0.298 e. The third-order valence-electron chi connectivity index (χ3n) is 3.37. The van der Waals surface area contributed by atoms with Crippen LogP contribution in [0.25, 0.3) is 11.1 Å². The molecule has 0 fully saturated rings. The van der Waals surface area contributed by atoms with Gasteiger partial charge in [0.1, 0.15) is 0 Å². The highest BCUT2D eigenvalue weighted by molar-refractivity contribution is 5.88. The molecule has 0 aromatic heterocycles. The molecule has 0 bridgehead atoms. The predicted octanol–water partition coefficient (Wildman–Crippen LogP) is 5.31. The zero-order valence-corrected chi connectivity index (χ0v) is 11.7. The van der Waals surface area contributed by atoms with Crippen molar-refractivity contribution in [1.82, 2.24) is 0 Å². The quantitative estimate of drug-likeness (QED) is 0.701. The van der Waals surface area contributed by atoms with E-state index in [1.54, 1.807) is 6.07 Å². The van der Waals surface area contributed by atoms with E-state index in [-0.39, 0.29) is 5.56 Å². The van der Waals surface area contributed by atoms with Gasteiger partial charge >= 0.3 is 6.18 Å². The van der Waals surface area contributed by atoms with E-state index in [4.69, 9.17) is 0 Å². The van der Waals surface area contributed by atoms with Crippen LogP contribution in [0.4, 0.5) is 13.2 Å². The van der Waals surface area contributed by atoms with Crippen molar-refractivity contribution in [2.75, 3.05) is 0 Å². The van der Waals surface area contributed by atoms with Crippen LogP contribution in [-0.4, -0.2) is 6.29 Å². The van der Waals surface area contributed by atoms with Gasteiger partial charge in [-0.1, -0.05) is 44.2 Å². The molecule has 0 aliphatic rings. The first-order valence-electron chi connectivity index (χ1n) is 6.59. The number of benzene rings is 2. The van der Waals surface area contributed by atoms with Crippen molar-refractivity contribution in [3.05, 3.63) is 59.2 Å². The first-order chi connectivity index (χ1) is 9.82. The SMILES string of the molecule is CC(C)c1cccc(-c2ccc(C(F)(F)F)cc2C=O)c1. The summed E-state index contributed by atoms with van der Waals surface area (Å²) in [5.41, 5.74) is 1.57. The second-order valence-electron chi connectivity index (χ2n) is 5.20. The molecule has 0 saturated carbocycles. The monoisotopic (exact) mass is 292 g/mol. The largest absolute Gasteiger partial charge is 0.416 e. The van der Waals surface area contributed by atoms with Gasteiger partial charge in [-0.25, -0.2) is 0 Å². The second-order valence-corrected chi connectivity index (χ2v) is 5.20. The average molecular weight is 292 g/mol. The number of hydrogen-bond donors (Lipinski definition) is 0. The fraction of sp³-hybridized carbons (Fsp3) is 0.235. The molecule has 2 aromatic carbocycles. The van der Waals surface area contributed by atoms with Crippen molar-refractivity contribution in [2.24, 2.45) is 0 Å². The van der Waals surface area contributed by atoms with Crippen molar-refractivity contribution < 1.29 is 18.0 Å². The van der Waals surface area contributed by atoms with E-state index in [1.807, 2.05) is 32.0 Å². The number of halogens is 3. The van der Waals surface area contributed by atoms with E-state index in [1.165, 1.54) is 6.07 Å². The van der Waals surface area contributed by atoms with Gasteiger partial charge in [0.2, 0.25) is 0 Å². The maximum atomic E-state index is 12.7. The lowest BCUT2D eigenvalue weighted by Gasteiger charge is -2.12. The van der Waals surface area contributed by atoms with Gasteiger partial charge in [0, 0.05) is 5.56 Å². The number of aldehydes is 1. The van der Waals surface area contributed by atoms with Crippen LogP contribution in [0.2, 0.25) is 0 Å². The molecule has 4 heteroatoms. The Morgan fingerprint density at radius 1 is 1.05 bits per heavy atom. The van der Waals surface area contributed by atoms with Gasteiger partial charge in [0.15, 0.2) is 6.29 Å². The van der Waals surface area contributed by atoms with E-state index in [0.29, 0.717) is 17.8 Å². The van der Waals surface area contributed by atoms with Gasteiger partial charge in [-0.3, -0.25) is 4.79 Å². The van der Waals surface area contributed by atoms with E-state index in [9.17, 15) is 18.0 Å². The lowest BCUT2D eigenvalue weighted by atomic mass is 9.94. The maximum absolute atomic E-state index is 12.7. The number of hydrogen-bond acceptors (Lipinski definition) is 1. The molecular weight excluding hydrogens is 277 g/mol. The van der Waals surface area contributed by atoms with Crippen LogP contribution in [0.5, 0.6) is 0 Å². The molecule has 1 nitrogen and oxygen atoms in total. The van der Waals surface area contributed by atoms with Crippen LogP contribution in [0.15, 0.2) is 42.5 Å². The highest BCUT2D eigenvalue weighted by atomic mass is 19.4. The average Bonchev–Trinajstić information content (AvgIpc) is 2.45. The van der Waals surface area contributed by atoms with Crippen LogP contribution < -0.4 is 0 Å². The summed E-state index contributed by atoms with van der Waals surface area (Å²) in [5, 5.41) is 0. The summed E-state index contributed by atoms with van der Waals surface area (Å²) in [6.45, 7) is 4.07. The van der Waals surface area contributed by atoms with Crippen molar-refractivity contribution in [1.29, 1.82) is 0 Å². The van der Waals surface area contributed by atoms with Crippen molar-refractivity contribution in [3.63, 3.8) is 0 Å². The number of carbonyl (C=O) groups excluding carboxylic acids is 1. The Hall–Kier alpha value is -2.10. The summed E-state index contributed by atoms with van der Waals surface area (Å²) < 4.78 is 38.1. The molecule has 21 heavy (non-hydrogen) atoms. The zero-order valence-electron chi connectivity index (χ0n) is 11.7. The molecule has 2 aromatic rings. The fourth-order valence-corrected chi connectivity index (χ4v) is 2.16. The van der Waals surface area contributed by atoms with Crippen LogP contribution in [0.1, 0.15) is 41.3 Å². The molecule has 0 aliphatic heterocycles. The maximum Gasteiger partial charge on any atom is 0.416 e. The van der Waals surface area contributed by atoms with E-state index >= 15 is 0 Å². The lowest BCUT2D eigenvalue weighted by Crippen LogP contribution is -2.06. The number of alkyl halides is 3. The van der Waals surface area contributed by atoms with Crippen molar-refractivity contribution in [2.45, 2.75) is 25.9 Å². The van der Waals surface area contributed by atoms with Gasteiger partial charge in [-0.15, -0.1) is 0 Å². The van der Waals surface area contributed by atoms with E-state index in [2.05, 4.69) is 0 Å². The van der Waals surface area contributed by atoms with Crippen LogP contribution in [-0.2, 0) is 6.18 Å². The molecule has 0 radical (unpaired) electrons. The Morgan fingerprint density at radius 3 is 2.33 bits per heavy atom. The molecule has 0 heterocycles. The summed E-state index contributed by atoms with van der Waals surface area (Å²) in [6.07, 6.45) is -3.98. The van der Waals surface area contributed by atoms with Gasteiger partial charge in [0.25, 0.3) is 0 Å². The van der Waals surface area contributed by atoms with Gasteiger partial charge in [-0.2, -0.15) is 13.2 Å². The molecule has 0 saturated heterocycles. The molecule has 0 aliphatic carbocycles. The normalized spacial score (nSPS) is 11.7. The Bertz CT molecular complexity index is 657. The molecular formula is C17H15F3O. The Morgan fingerprint density at radius 2 is 1.76 bits per heavy atom. The second kappa shape index (κ2) is 5.72. The minimum atomic E-state index is -4.45. The highest BCUT2D eigenvalue weighted by Gasteiger charge is 2.31. The summed E-state index contributed by atoms with van der Waals surface area (Å²) in [4.78, 5) is 11.1. The molecule has 0 unspecified atom stereocenters. The Labute approximate surface area is 121 Å². The van der Waals surface area contributed by atoms with Crippen molar-refractivity contribution in [3.8, 4) is 11.1 Å². The number of rotatable bonds is 3. The van der Waals surface area contributed by atoms with Crippen molar-refractivity contribution >= 4 is 6.29 Å². The first-order valence-corrected chi connectivity index (χ1v) is 6.59. The minimum absolute atomic E-state index is 0.0470. The van der Waals surface area contributed by atoms with Crippen LogP contribution >= 0.6 is 0 Å². The third kappa shape index (κ3) is 3.32. The molecule has 0 N–H and O–H groups in total. The van der Waals surface area contributed by atoms with E-state index < -0.39 is 11.7 Å². The standard InChI is InChI=1S/C17H15F3O/c1-11(2)12-4-3-5-13(8-12)16-7-6-15(17(18,19)20)9-14(16)10-21/h3-11H,1-2H3. The zero-order chi connectivity index (χ0) is 15.6. The molecule has 0 amide bonds. The van der Waals surface area contributed by atoms with E-state index in [0.717, 1.165) is 23.3 Å². The fourth-order valence-electron chi connectivity index (χ4n) is 2.16. The first kappa shape index (κ1) is 15.3. The third-order valence-corrected chi connectivity index (χ3v) is 3.37. The summed E-state index contributed by atoms with van der Waals surface area (Å²) in [7, 11) is 0.